The number of primary amides is 1. The Morgan fingerprint density at radius 2 is 1.67 bits per heavy atom. The number of nitrogens with two attached hydrogens (primary N) is 1. The minimum atomic E-state index is -0.451. The summed E-state index contributed by atoms with van der Waals surface area (Å²) in [6.07, 6.45) is 7.02. The Morgan fingerprint density at radius 3 is 2.19 bits per heavy atom. The van der Waals surface area contributed by atoms with E-state index in [0.717, 1.165) is 16.7 Å². The molecular weight excluding hydrogens is 338 g/mol. The van der Waals surface area contributed by atoms with Crippen LogP contribution in [-0.2, 0) is 4.79 Å². The molecule has 2 aromatic heterocycles. The van der Waals surface area contributed by atoms with Gasteiger partial charge < -0.3 is 11.1 Å². The third-order valence-electron chi connectivity index (χ3n) is 4.29. The van der Waals surface area contributed by atoms with Gasteiger partial charge in [-0.3, -0.25) is 14.8 Å². The SMILES string of the molecule is N#Cc1cccc(C(NCC(N)=O)C(c2cccnc2)c2cccnc2)c1. The molecule has 1 aromatic carbocycles. The van der Waals surface area contributed by atoms with E-state index in [1.54, 1.807) is 30.9 Å². The Labute approximate surface area is 157 Å². The van der Waals surface area contributed by atoms with Gasteiger partial charge in [-0.1, -0.05) is 24.3 Å². The van der Waals surface area contributed by atoms with E-state index in [1.807, 2.05) is 42.5 Å². The van der Waals surface area contributed by atoms with Gasteiger partial charge in [0, 0.05) is 36.7 Å². The number of hydrogen-bond donors (Lipinski definition) is 2. The van der Waals surface area contributed by atoms with Crippen molar-refractivity contribution in [2.24, 2.45) is 5.73 Å². The van der Waals surface area contributed by atoms with Gasteiger partial charge in [-0.25, -0.2) is 0 Å². The highest BCUT2D eigenvalue weighted by Gasteiger charge is 2.27. The molecule has 0 saturated carbocycles. The number of nitrogens with one attached hydrogen (secondary N) is 1. The highest BCUT2D eigenvalue weighted by molar-refractivity contribution is 5.76. The summed E-state index contributed by atoms with van der Waals surface area (Å²) in [6, 6.07) is 16.9. The number of benzene rings is 1. The van der Waals surface area contributed by atoms with E-state index in [-0.39, 0.29) is 18.5 Å². The van der Waals surface area contributed by atoms with Gasteiger partial charge in [-0.2, -0.15) is 5.26 Å². The molecule has 0 radical (unpaired) electrons. The number of aromatic nitrogens is 2. The van der Waals surface area contributed by atoms with Gasteiger partial charge in [0.2, 0.25) is 5.91 Å². The molecule has 0 aliphatic heterocycles. The molecule has 0 aliphatic rings. The zero-order valence-corrected chi connectivity index (χ0v) is 14.6. The van der Waals surface area contributed by atoms with E-state index in [2.05, 4.69) is 21.4 Å². The second-order valence-electron chi connectivity index (χ2n) is 6.11. The summed E-state index contributed by atoms with van der Waals surface area (Å²) >= 11 is 0. The van der Waals surface area contributed by atoms with Crippen molar-refractivity contribution in [2.45, 2.75) is 12.0 Å². The van der Waals surface area contributed by atoms with Gasteiger partial charge in [0.1, 0.15) is 0 Å². The molecule has 0 bridgehead atoms. The third kappa shape index (κ3) is 4.54. The highest BCUT2D eigenvalue weighted by atomic mass is 16.1. The first kappa shape index (κ1) is 18.2. The van der Waals surface area contributed by atoms with Crippen LogP contribution in [0.4, 0.5) is 0 Å². The van der Waals surface area contributed by atoms with Crippen molar-refractivity contribution in [3.8, 4) is 6.07 Å². The maximum absolute atomic E-state index is 11.4. The van der Waals surface area contributed by atoms with E-state index in [1.165, 1.54) is 0 Å². The van der Waals surface area contributed by atoms with Crippen LogP contribution in [0.25, 0.3) is 0 Å². The summed E-state index contributed by atoms with van der Waals surface area (Å²) in [7, 11) is 0. The fourth-order valence-electron chi connectivity index (χ4n) is 3.14. The van der Waals surface area contributed by atoms with E-state index in [0.29, 0.717) is 5.56 Å². The number of rotatable bonds is 7. The Hall–Kier alpha value is -3.56. The summed E-state index contributed by atoms with van der Waals surface area (Å²) in [6.45, 7) is 0.0124. The van der Waals surface area contributed by atoms with Crippen molar-refractivity contribution in [2.75, 3.05) is 6.54 Å². The number of nitriles is 1. The van der Waals surface area contributed by atoms with Crippen molar-refractivity contribution in [3.63, 3.8) is 0 Å². The van der Waals surface area contributed by atoms with Crippen LogP contribution in [0.15, 0.2) is 73.3 Å². The third-order valence-corrected chi connectivity index (χ3v) is 4.29. The first-order valence-corrected chi connectivity index (χ1v) is 8.50. The van der Waals surface area contributed by atoms with Gasteiger partial charge in [0.15, 0.2) is 0 Å². The van der Waals surface area contributed by atoms with Gasteiger partial charge in [-0.15, -0.1) is 0 Å². The van der Waals surface area contributed by atoms with E-state index in [9.17, 15) is 10.1 Å². The predicted molar refractivity (Wildman–Crippen MR) is 101 cm³/mol. The number of hydrogen-bond acceptors (Lipinski definition) is 5. The van der Waals surface area contributed by atoms with Crippen LogP contribution >= 0.6 is 0 Å². The molecule has 27 heavy (non-hydrogen) atoms. The van der Waals surface area contributed by atoms with Crippen LogP contribution in [0.5, 0.6) is 0 Å². The zero-order chi connectivity index (χ0) is 19.1. The van der Waals surface area contributed by atoms with Gasteiger partial charge in [0.05, 0.1) is 18.2 Å². The van der Waals surface area contributed by atoms with Crippen LogP contribution < -0.4 is 11.1 Å². The Kier molecular flexibility index (Phi) is 5.87. The van der Waals surface area contributed by atoms with Crippen molar-refractivity contribution in [1.29, 1.82) is 5.26 Å². The summed E-state index contributed by atoms with van der Waals surface area (Å²) in [4.78, 5) is 19.9. The van der Waals surface area contributed by atoms with Crippen LogP contribution in [0.1, 0.15) is 34.2 Å². The molecule has 3 rings (SSSR count). The molecule has 1 amide bonds. The van der Waals surface area contributed by atoms with Crippen LogP contribution in [-0.4, -0.2) is 22.4 Å². The fraction of sp³-hybridized carbons (Fsp3) is 0.143. The Bertz CT molecular complexity index is 898. The quantitative estimate of drug-likeness (QED) is 0.675. The summed E-state index contributed by atoms with van der Waals surface area (Å²) < 4.78 is 0. The number of nitrogens with zero attached hydrogens (tertiary/aromatic N) is 3. The number of amides is 1. The normalized spacial score (nSPS) is 11.7. The lowest BCUT2D eigenvalue weighted by atomic mass is 9.82. The molecule has 2 heterocycles. The van der Waals surface area contributed by atoms with Gasteiger partial charge in [-0.05, 0) is 41.0 Å². The molecule has 3 aromatic rings. The van der Waals surface area contributed by atoms with Gasteiger partial charge in [0.25, 0.3) is 0 Å². The summed E-state index contributed by atoms with van der Waals surface area (Å²) in [5.41, 5.74) is 8.74. The van der Waals surface area contributed by atoms with E-state index >= 15 is 0 Å². The predicted octanol–water partition coefficient (Wildman–Crippen LogP) is 2.30. The van der Waals surface area contributed by atoms with Crippen molar-refractivity contribution >= 4 is 5.91 Å². The lowest BCUT2D eigenvalue weighted by Crippen LogP contribution is -2.35. The molecule has 3 N–H and O–H groups in total. The van der Waals surface area contributed by atoms with Crippen LogP contribution in [0.3, 0.4) is 0 Å². The molecule has 6 heteroatoms. The zero-order valence-electron chi connectivity index (χ0n) is 14.6. The largest absolute Gasteiger partial charge is 0.369 e. The van der Waals surface area contributed by atoms with Crippen LogP contribution in [0.2, 0.25) is 0 Å². The summed E-state index contributed by atoms with van der Waals surface area (Å²) in [5, 5.41) is 12.5. The van der Waals surface area contributed by atoms with Crippen molar-refractivity contribution in [1.82, 2.24) is 15.3 Å². The molecule has 1 atom stereocenters. The Balaban J connectivity index is 2.12. The van der Waals surface area contributed by atoms with Gasteiger partial charge >= 0.3 is 0 Å². The number of carbonyl (C=O) groups excluding carboxylic acids is 1. The topological polar surface area (TPSA) is 105 Å². The van der Waals surface area contributed by atoms with E-state index < -0.39 is 5.91 Å². The average Bonchev–Trinajstić information content (AvgIpc) is 2.72. The smallest absolute Gasteiger partial charge is 0.231 e. The first-order valence-electron chi connectivity index (χ1n) is 8.50. The van der Waals surface area contributed by atoms with Crippen molar-refractivity contribution < 1.29 is 4.79 Å². The lowest BCUT2D eigenvalue weighted by Gasteiger charge is -2.29. The molecule has 6 nitrogen and oxygen atoms in total. The standard InChI is InChI=1S/C21H19N5O/c22-11-15-4-1-5-16(10-15)21(26-14-19(23)27)20(17-6-2-8-24-12-17)18-7-3-9-25-13-18/h1-10,12-13,20-21,26H,14H2,(H2,23,27). The highest BCUT2D eigenvalue weighted by Crippen LogP contribution is 2.36. The first-order chi connectivity index (χ1) is 13.2. The molecule has 0 spiro atoms. The minimum Gasteiger partial charge on any atom is -0.369 e. The molecule has 134 valence electrons. The number of carbonyl (C=O) groups is 1. The molecule has 1 unspecified atom stereocenters. The minimum absolute atomic E-state index is 0.0124. The average molecular weight is 357 g/mol. The lowest BCUT2D eigenvalue weighted by molar-refractivity contribution is -0.117. The monoisotopic (exact) mass is 357 g/mol. The van der Waals surface area contributed by atoms with Crippen LogP contribution in [0, 0.1) is 11.3 Å². The Morgan fingerprint density at radius 1 is 1.04 bits per heavy atom. The molecule has 0 aliphatic carbocycles. The maximum Gasteiger partial charge on any atom is 0.231 e. The number of pyridine rings is 2. The second-order valence-corrected chi connectivity index (χ2v) is 6.11. The fourth-order valence-corrected chi connectivity index (χ4v) is 3.14. The van der Waals surface area contributed by atoms with E-state index in [4.69, 9.17) is 5.73 Å². The molecule has 0 fully saturated rings. The summed E-state index contributed by atoms with van der Waals surface area (Å²) in [5.74, 6) is -0.617. The second kappa shape index (κ2) is 8.70. The van der Waals surface area contributed by atoms with Crippen molar-refractivity contribution in [3.05, 3.63) is 95.6 Å². The maximum atomic E-state index is 11.4. The molecule has 0 saturated heterocycles. The molecular formula is C21H19N5O.